The van der Waals surface area contributed by atoms with E-state index < -0.39 is 6.04 Å². The van der Waals surface area contributed by atoms with Gasteiger partial charge in [0, 0.05) is 65.0 Å². The molecule has 1 aromatic rings. The predicted octanol–water partition coefficient (Wildman–Crippen LogP) is 0.185. The molecule has 2 amide bonds. The van der Waals surface area contributed by atoms with Crippen molar-refractivity contribution in [2.24, 2.45) is 0 Å². The van der Waals surface area contributed by atoms with E-state index in [-0.39, 0.29) is 18.2 Å². The van der Waals surface area contributed by atoms with Crippen LogP contribution in [-0.2, 0) is 20.9 Å². The van der Waals surface area contributed by atoms with Crippen molar-refractivity contribution in [2.45, 2.75) is 19.0 Å². The van der Waals surface area contributed by atoms with Crippen LogP contribution in [0.5, 0.6) is 11.5 Å². The third-order valence-electron chi connectivity index (χ3n) is 6.00. The molecule has 9 nitrogen and oxygen atoms in total. The van der Waals surface area contributed by atoms with Gasteiger partial charge in [-0.2, -0.15) is 0 Å². The molecule has 2 aliphatic rings. The van der Waals surface area contributed by atoms with Crippen molar-refractivity contribution in [1.82, 2.24) is 20.0 Å². The van der Waals surface area contributed by atoms with E-state index in [1.807, 2.05) is 23.1 Å². The first-order valence-corrected chi connectivity index (χ1v) is 10.8. The van der Waals surface area contributed by atoms with Gasteiger partial charge in [-0.25, -0.2) is 0 Å². The van der Waals surface area contributed by atoms with Crippen LogP contribution in [0.2, 0.25) is 0 Å². The van der Waals surface area contributed by atoms with Gasteiger partial charge in [0.05, 0.1) is 33.3 Å². The van der Waals surface area contributed by atoms with E-state index in [0.29, 0.717) is 50.8 Å². The number of carbonyl (C=O) groups is 2. The van der Waals surface area contributed by atoms with Crippen LogP contribution in [0.15, 0.2) is 18.2 Å². The van der Waals surface area contributed by atoms with E-state index in [9.17, 15) is 9.59 Å². The van der Waals surface area contributed by atoms with E-state index in [1.165, 1.54) is 0 Å². The number of rotatable bonds is 9. The van der Waals surface area contributed by atoms with E-state index in [4.69, 9.17) is 14.2 Å². The molecular formula is C22H34N4O5. The maximum atomic E-state index is 13.0. The highest BCUT2D eigenvalue weighted by molar-refractivity contribution is 5.89. The van der Waals surface area contributed by atoms with Crippen LogP contribution in [0.25, 0.3) is 0 Å². The molecule has 0 spiro atoms. The number of para-hydroxylation sites is 1. The Morgan fingerprint density at radius 3 is 2.55 bits per heavy atom. The van der Waals surface area contributed by atoms with Gasteiger partial charge in [-0.05, 0) is 6.07 Å². The van der Waals surface area contributed by atoms with Crippen LogP contribution in [-0.4, -0.2) is 106 Å². The molecule has 0 saturated carbocycles. The first-order valence-electron chi connectivity index (χ1n) is 10.8. The number of amides is 2. The number of nitrogens with zero attached hydrogens (tertiary/aromatic N) is 3. The van der Waals surface area contributed by atoms with Gasteiger partial charge in [-0.1, -0.05) is 12.1 Å². The normalized spacial score (nSPS) is 20.4. The lowest BCUT2D eigenvalue weighted by atomic mass is 10.0. The van der Waals surface area contributed by atoms with Crippen molar-refractivity contribution in [3.05, 3.63) is 23.8 Å². The maximum Gasteiger partial charge on any atom is 0.237 e. The molecule has 0 aromatic heterocycles. The third kappa shape index (κ3) is 5.87. The SMILES string of the molecule is COCCN1CCN(C(=O)C[C@@H]2C(=O)NCCN2Cc2cccc(OC)c2OC)CC1. The van der Waals surface area contributed by atoms with Crippen LogP contribution in [0.3, 0.4) is 0 Å². The monoisotopic (exact) mass is 434 g/mol. The first kappa shape index (κ1) is 23.3. The zero-order valence-corrected chi connectivity index (χ0v) is 18.8. The summed E-state index contributed by atoms with van der Waals surface area (Å²) in [4.78, 5) is 31.9. The Bertz CT molecular complexity index is 751. The van der Waals surface area contributed by atoms with Crippen molar-refractivity contribution < 1.29 is 23.8 Å². The van der Waals surface area contributed by atoms with Crippen LogP contribution in [0.4, 0.5) is 0 Å². The van der Waals surface area contributed by atoms with Gasteiger partial charge < -0.3 is 24.4 Å². The van der Waals surface area contributed by atoms with Gasteiger partial charge in [0.15, 0.2) is 11.5 Å². The van der Waals surface area contributed by atoms with Crippen LogP contribution in [0, 0.1) is 0 Å². The molecule has 1 aromatic carbocycles. The molecule has 1 N–H and O–H groups in total. The molecule has 9 heteroatoms. The van der Waals surface area contributed by atoms with Gasteiger partial charge in [0.1, 0.15) is 0 Å². The summed E-state index contributed by atoms with van der Waals surface area (Å²) in [6, 6.07) is 5.22. The Hall–Kier alpha value is -2.36. The number of methoxy groups -OCH3 is 3. The highest BCUT2D eigenvalue weighted by atomic mass is 16.5. The van der Waals surface area contributed by atoms with Crippen LogP contribution < -0.4 is 14.8 Å². The Kier molecular flexibility index (Phi) is 8.51. The zero-order chi connectivity index (χ0) is 22.2. The number of benzene rings is 1. The van der Waals surface area contributed by atoms with E-state index in [1.54, 1.807) is 21.3 Å². The summed E-state index contributed by atoms with van der Waals surface area (Å²) in [6.45, 7) is 6.34. The molecule has 3 rings (SSSR count). The first-order chi connectivity index (χ1) is 15.1. The topological polar surface area (TPSA) is 83.6 Å². The zero-order valence-electron chi connectivity index (χ0n) is 18.8. The number of hydrogen-bond donors (Lipinski definition) is 1. The third-order valence-corrected chi connectivity index (χ3v) is 6.00. The summed E-state index contributed by atoms with van der Waals surface area (Å²) in [7, 11) is 4.91. The van der Waals surface area contributed by atoms with Crippen molar-refractivity contribution in [2.75, 3.05) is 73.7 Å². The van der Waals surface area contributed by atoms with Crippen molar-refractivity contribution in [3.8, 4) is 11.5 Å². The molecule has 0 bridgehead atoms. The quantitative estimate of drug-likeness (QED) is 0.594. The second kappa shape index (κ2) is 11.3. The fraction of sp³-hybridized carbons (Fsp3) is 0.636. The second-order valence-corrected chi connectivity index (χ2v) is 7.85. The predicted molar refractivity (Wildman–Crippen MR) is 116 cm³/mol. The second-order valence-electron chi connectivity index (χ2n) is 7.85. The maximum absolute atomic E-state index is 13.0. The molecular weight excluding hydrogens is 400 g/mol. The Balaban J connectivity index is 1.64. The van der Waals surface area contributed by atoms with E-state index in [0.717, 1.165) is 25.2 Å². The highest BCUT2D eigenvalue weighted by Crippen LogP contribution is 2.32. The van der Waals surface area contributed by atoms with Crippen molar-refractivity contribution in [3.63, 3.8) is 0 Å². The summed E-state index contributed by atoms with van der Waals surface area (Å²) >= 11 is 0. The van der Waals surface area contributed by atoms with Crippen molar-refractivity contribution >= 4 is 11.8 Å². The number of carbonyl (C=O) groups excluding carboxylic acids is 2. The molecule has 2 aliphatic heterocycles. The number of piperazine rings is 2. The minimum absolute atomic E-state index is 0.0241. The Morgan fingerprint density at radius 2 is 1.87 bits per heavy atom. The number of nitrogens with one attached hydrogen (secondary N) is 1. The lowest BCUT2D eigenvalue weighted by Crippen LogP contribution is -2.57. The van der Waals surface area contributed by atoms with Gasteiger partial charge in [-0.3, -0.25) is 19.4 Å². The largest absolute Gasteiger partial charge is 0.493 e. The summed E-state index contributed by atoms with van der Waals surface area (Å²) in [6.07, 6.45) is 0.177. The summed E-state index contributed by atoms with van der Waals surface area (Å²) in [5.41, 5.74) is 0.931. The molecule has 1 atom stereocenters. The van der Waals surface area contributed by atoms with E-state index in [2.05, 4.69) is 15.1 Å². The molecule has 0 aliphatic carbocycles. The molecule has 0 unspecified atom stereocenters. The highest BCUT2D eigenvalue weighted by Gasteiger charge is 2.34. The molecule has 172 valence electrons. The summed E-state index contributed by atoms with van der Waals surface area (Å²) < 4.78 is 16.1. The number of hydrogen-bond acceptors (Lipinski definition) is 7. The smallest absolute Gasteiger partial charge is 0.237 e. The van der Waals surface area contributed by atoms with Gasteiger partial charge in [0.25, 0.3) is 0 Å². The Morgan fingerprint density at radius 1 is 1.10 bits per heavy atom. The van der Waals surface area contributed by atoms with E-state index >= 15 is 0 Å². The van der Waals surface area contributed by atoms with Gasteiger partial charge in [-0.15, -0.1) is 0 Å². The minimum atomic E-state index is -0.497. The Labute approximate surface area is 184 Å². The fourth-order valence-corrected chi connectivity index (χ4v) is 4.21. The van der Waals surface area contributed by atoms with Crippen LogP contribution >= 0.6 is 0 Å². The van der Waals surface area contributed by atoms with Crippen LogP contribution in [0.1, 0.15) is 12.0 Å². The number of ether oxygens (including phenoxy) is 3. The van der Waals surface area contributed by atoms with Gasteiger partial charge in [0.2, 0.25) is 11.8 Å². The average Bonchev–Trinajstić information content (AvgIpc) is 2.79. The molecule has 2 heterocycles. The summed E-state index contributed by atoms with van der Waals surface area (Å²) in [5.74, 6) is 1.24. The lowest BCUT2D eigenvalue weighted by Gasteiger charge is -2.38. The average molecular weight is 435 g/mol. The van der Waals surface area contributed by atoms with Crippen molar-refractivity contribution in [1.29, 1.82) is 0 Å². The molecule has 31 heavy (non-hydrogen) atoms. The fourth-order valence-electron chi connectivity index (χ4n) is 4.21. The lowest BCUT2D eigenvalue weighted by molar-refractivity contribution is -0.140. The van der Waals surface area contributed by atoms with Gasteiger partial charge >= 0.3 is 0 Å². The molecule has 2 fully saturated rings. The standard InChI is InChI=1S/C22H34N4O5/c1-29-14-13-24-9-11-25(12-10-24)20(27)15-18-22(28)23-7-8-26(18)16-17-5-4-6-19(30-2)21(17)31-3/h4-6,18H,7-16H2,1-3H3,(H,23,28)/t18-/m1/s1. The summed E-state index contributed by atoms with van der Waals surface area (Å²) in [5, 5.41) is 2.91. The molecule has 2 saturated heterocycles. The molecule has 0 radical (unpaired) electrons. The minimum Gasteiger partial charge on any atom is -0.493 e.